The second-order valence-electron chi connectivity index (χ2n) is 16.0. The van der Waals surface area contributed by atoms with Crippen LogP contribution in [0.3, 0.4) is 0 Å². The van der Waals surface area contributed by atoms with E-state index in [9.17, 15) is 13.6 Å². The summed E-state index contributed by atoms with van der Waals surface area (Å²) in [6, 6.07) is 31.5. The number of carbonyl (C=O) groups is 1. The van der Waals surface area contributed by atoms with Gasteiger partial charge in [0.15, 0.2) is 5.82 Å². The van der Waals surface area contributed by atoms with E-state index in [0.717, 1.165) is 9.87 Å². The second-order valence-corrected chi connectivity index (χ2v) is 18.8. The minimum Gasteiger partial charge on any atom is -0.497 e. The molecule has 3 N–H and O–H groups in total. The fourth-order valence-electron chi connectivity index (χ4n) is 7.06. The number of nitrogens with zero attached hydrogens (tertiary/aromatic N) is 8. The topological polar surface area (TPSA) is 229 Å². The summed E-state index contributed by atoms with van der Waals surface area (Å²) in [5, 5.41) is 23.1. The van der Waals surface area contributed by atoms with E-state index in [1.807, 2.05) is 18.2 Å². The molecule has 7 rings (SSSR count). The van der Waals surface area contributed by atoms with Crippen LogP contribution in [0.2, 0.25) is 0 Å². The van der Waals surface area contributed by atoms with Crippen LogP contribution in [0.25, 0.3) is 33.9 Å². The van der Waals surface area contributed by atoms with Gasteiger partial charge in [0.25, 0.3) is 11.3 Å². The molecule has 5 aromatic carbocycles. The number of sulfonamides is 1. The van der Waals surface area contributed by atoms with E-state index in [1.54, 1.807) is 113 Å². The number of hydrogen-bond donors (Lipinski definition) is 3. The number of rotatable bonds is 19. The monoisotopic (exact) mass is 950 g/mol. The van der Waals surface area contributed by atoms with Crippen LogP contribution < -0.4 is 23.8 Å². The lowest BCUT2D eigenvalue weighted by Gasteiger charge is -2.29. The standard InChI is InChI=1S/C46H50N10O9S2/c1-46(2,3)65-45(57)47-24-25-55(66(58)59)40-23-22-39(34-8-7-9-35(26-34)43-48-30-49-50-43)41(44-51-53-56(52-44)29-33-14-20-38(64-6)21-15-33)42(40)67(60,61)54(27-31-10-16-36(62-4)17-11-31)28-32-12-18-37(63-5)19-13-32/h7-23,26,30H,24-25,27-29H2,1-6H3,(H,47,57)(H,58,59)(H,48,49,50). The third-order valence-electron chi connectivity index (χ3n) is 10.2. The van der Waals surface area contributed by atoms with Gasteiger partial charge in [0.05, 0.1) is 45.7 Å². The molecule has 0 fully saturated rings. The van der Waals surface area contributed by atoms with Gasteiger partial charge in [0, 0.05) is 25.2 Å². The maximum Gasteiger partial charge on any atom is 0.407 e. The first kappa shape index (κ1) is 47.8. The van der Waals surface area contributed by atoms with E-state index < -0.39 is 37.9 Å². The SMILES string of the molecule is COc1ccc(CN(Cc2ccc(OC)cc2)S(=O)(=O)c2c(N(CCNC(=O)OC(C)(C)C)S(=O)O)ccc(-c3cccc(-c4ncn[nH]4)c3)c2-c2nnn(Cc3ccc(OC)cc3)n2)cc1. The number of amides is 1. The van der Waals surface area contributed by atoms with Crippen LogP contribution >= 0.6 is 0 Å². The van der Waals surface area contributed by atoms with Crippen LogP contribution in [-0.4, -0.2) is 103 Å². The lowest BCUT2D eigenvalue weighted by Crippen LogP contribution is -2.39. The van der Waals surface area contributed by atoms with E-state index in [1.165, 1.54) is 35.7 Å². The molecular formula is C46H50N10O9S2. The number of carbonyl (C=O) groups excluding carboxylic acids is 1. The summed E-state index contributed by atoms with van der Waals surface area (Å²) >= 11 is -2.85. The van der Waals surface area contributed by atoms with Crippen LogP contribution in [0.4, 0.5) is 10.5 Å². The van der Waals surface area contributed by atoms with E-state index in [4.69, 9.17) is 24.0 Å². The molecule has 0 radical (unpaired) electrons. The van der Waals surface area contributed by atoms with E-state index in [2.05, 4.69) is 30.8 Å². The second kappa shape index (κ2) is 21.0. The summed E-state index contributed by atoms with van der Waals surface area (Å²) in [7, 11) is -0.172. The summed E-state index contributed by atoms with van der Waals surface area (Å²) in [5.74, 6) is 2.16. The normalized spacial score (nSPS) is 12.1. The summed E-state index contributed by atoms with van der Waals surface area (Å²) < 4.78 is 80.7. The number of nitrogens with one attached hydrogen (secondary N) is 2. The van der Waals surface area contributed by atoms with Crippen LogP contribution in [0.15, 0.2) is 120 Å². The van der Waals surface area contributed by atoms with E-state index >= 15 is 8.42 Å². The van der Waals surface area contributed by atoms with Gasteiger partial charge >= 0.3 is 6.09 Å². The first-order chi connectivity index (χ1) is 32.1. The van der Waals surface area contributed by atoms with Crippen LogP contribution in [-0.2, 0) is 45.7 Å². The van der Waals surface area contributed by atoms with Gasteiger partial charge in [-0.05, 0) is 102 Å². The molecule has 1 unspecified atom stereocenters. The summed E-state index contributed by atoms with van der Waals surface area (Å²) in [6.45, 7) is 4.41. The average Bonchev–Trinajstić information content (AvgIpc) is 4.03. The Morgan fingerprint density at radius 1 is 0.821 bits per heavy atom. The number of aromatic amines is 1. The molecule has 350 valence electrons. The lowest BCUT2D eigenvalue weighted by molar-refractivity contribution is 0.0529. The number of alkyl carbamates (subject to hydrolysis) is 1. The van der Waals surface area contributed by atoms with Gasteiger partial charge in [-0.2, -0.15) is 14.2 Å². The highest BCUT2D eigenvalue weighted by Crippen LogP contribution is 2.44. The molecule has 0 saturated carbocycles. The van der Waals surface area contributed by atoms with Crippen molar-refractivity contribution in [1.29, 1.82) is 0 Å². The molecule has 0 spiro atoms. The van der Waals surface area contributed by atoms with E-state index in [-0.39, 0.29) is 49.8 Å². The molecule has 7 aromatic rings. The fraction of sp³-hybridized carbons (Fsp3) is 0.261. The largest absolute Gasteiger partial charge is 0.497 e. The zero-order valence-corrected chi connectivity index (χ0v) is 39.2. The van der Waals surface area contributed by atoms with Crippen LogP contribution in [0.1, 0.15) is 37.5 Å². The Morgan fingerprint density at radius 2 is 1.40 bits per heavy atom. The number of aromatic nitrogens is 7. The smallest absolute Gasteiger partial charge is 0.407 e. The Kier molecular flexibility index (Phi) is 14.9. The predicted octanol–water partition coefficient (Wildman–Crippen LogP) is 6.73. The van der Waals surface area contributed by atoms with Gasteiger partial charge in [-0.3, -0.25) is 14.0 Å². The van der Waals surface area contributed by atoms with Crippen molar-refractivity contribution >= 4 is 33.1 Å². The Bertz CT molecular complexity index is 2860. The number of benzene rings is 5. The van der Waals surface area contributed by atoms with Crippen molar-refractivity contribution in [1.82, 2.24) is 45.0 Å². The third kappa shape index (κ3) is 11.8. The number of ether oxygens (including phenoxy) is 4. The highest BCUT2D eigenvalue weighted by atomic mass is 32.2. The number of tetrazole rings is 1. The van der Waals surface area contributed by atoms with Gasteiger partial charge in [-0.15, -0.1) is 10.2 Å². The Hall–Kier alpha value is -7.20. The molecule has 0 aliphatic rings. The van der Waals surface area contributed by atoms with Crippen LogP contribution in [0, 0.1) is 0 Å². The van der Waals surface area contributed by atoms with Gasteiger partial charge in [-0.1, -0.05) is 60.7 Å². The number of H-pyrrole nitrogens is 1. The fourth-order valence-corrected chi connectivity index (χ4v) is 9.48. The Morgan fingerprint density at radius 3 is 1.94 bits per heavy atom. The molecule has 2 heterocycles. The lowest BCUT2D eigenvalue weighted by atomic mass is 9.96. The maximum atomic E-state index is 16.1. The Labute approximate surface area is 390 Å². The molecule has 21 heteroatoms. The van der Waals surface area contributed by atoms with Crippen molar-refractivity contribution in [2.24, 2.45) is 0 Å². The van der Waals surface area contributed by atoms with Crippen LogP contribution in [0.5, 0.6) is 17.2 Å². The van der Waals surface area contributed by atoms with Crippen molar-refractivity contribution in [3.8, 4) is 51.2 Å². The molecule has 0 aliphatic heterocycles. The number of hydrogen-bond acceptors (Lipinski definition) is 13. The molecular weight excluding hydrogens is 901 g/mol. The molecule has 0 saturated heterocycles. The van der Waals surface area contributed by atoms with Crippen molar-refractivity contribution in [3.63, 3.8) is 0 Å². The third-order valence-corrected chi connectivity index (χ3v) is 12.9. The minimum absolute atomic E-state index is 0.0155. The molecule has 19 nitrogen and oxygen atoms in total. The first-order valence-corrected chi connectivity index (χ1v) is 23.3. The van der Waals surface area contributed by atoms with Crippen molar-refractivity contribution in [3.05, 3.63) is 132 Å². The highest BCUT2D eigenvalue weighted by Gasteiger charge is 2.37. The van der Waals surface area contributed by atoms with Crippen molar-refractivity contribution in [2.75, 3.05) is 38.7 Å². The zero-order chi connectivity index (χ0) is 47.7. The zero-order valence-electron chi connectivity index (χ0n) is 37.6. The van der Waals surface area contributed by atoms with Crippen molar-refractivity contribution < 1.29 is 40.9 Å². The molecule has 0 aliphatic carbocycles. The quantitative estimate of drug-likeness (QED) is 0.0715. The van der Waals surface area contributed by atoms with Gasteiger partial charge in [-0.25, -0.2) is 22.4 Å². The summed E-state index contributed by atoms with van der Waals surface area (Å²) in [6.07, 6.45) is 0.605. The molecule has 2 aromatic heterocycles. The molecule has 0 bridgehead atoms. The number of methoxy groups -OCH3 is 3. The average molecular weight is 951 g/mol. The maximum absolute atomic E-state index is 16.1. The molecule has 1 atom stereocenters. The summed E-state index contributed by atoms with van der Waals surface area (Å²) in [5.41, 5.74) is 2.52. The van der Waals surface area contributed by atoms with Gasteiger partial charge in [0.2, 0.25) is 15.8 Å². The van der Waals surface area contributed by atoms with Gasteiger partial charge in [0.1, 0.15) is 34.1 Å². The minimum atomic E-state index is -4.81. The molecule has 1 amide bonds. The number of anilines is 1. The molecule has 67 heavy (non-hydrogen) atoms. The van der Waals surface area contributed by atoms with Gasteiger partial charge < -0.3 is 24.3 Å². The van der Waals surface area contributed by atoms with Crippen molar-refractivity contribution in [2.45, 2.75) is 50.9 Å². The summed E-state index contributed by atoms with van der Waals surface area (Å²) in [4.78, 5) is 18.0. The predicted molar refractivity (Wildman–Crippen MR) is 251 cm³/mol. The van der Waals surface area contributed by atoms with E-state index in [0.29, 0.717) is 50.9 Å². The Balaban J connectivity index is 1.47. The first-order valence-electron chi connectivity index (χ1n) is 20.8. The highest BCUT2D eigenvalue weighted by molar-refractivity contribution is 7.89.